The fourth-order valence-corrected chi connectivity index (χ4v) is 2.44. The number of nitrogens with two attached hydrogens (primary N) is 1. The third-order valence-corrected chi connectivity index (χ3v) is 4.24. The molecule has 10 heteroatoms. The maximum atomic E-state index is 10.6. The van der Waals surface area contributed by atoms with Crippen molar-refractivity contribution in [1.82, 2.24) is 0 Å². The molecule has 0 saturated heterocycles. The molecule has 5 N–H and O–H groups in total. The van der Waals surface area contributed by atoms with Crippen molar-refractivity contribution in [1.29, 1.82) is 0 Å². The Balaban J connectivity index is 0.000000238. The summed E-state index contributed by atoms with van der Waals surface area (Å²) in [6.07, 6.45) is 0. The van der Waals surface area contributed by atoms with Gasteiger partial charge in [-0.15, -0.1) is 0 Å². The Hall–Kier alpha value is -1.98. The van der Waals surface area contributed by atoms with Gasteiger partial charge >= 0.3 is 0 Å². The van der Waals surface area contributed by atoms with Crippen LogP contribution in [0.1, 0.15) is 0 Å². The third-order valence-electron chi connectivity index (χ3n) is 2.50. The van der Waals surface area contributed by atoms with Crippen LogP contribution in [0.3, 0.4) is 0 Å². The highest BCUT2D eigenvalue weighted by Crippen LogP contribution is 2.12. The standard InChI is InChI=1S/C7H10N2O3S.C6H6O3S/c8-5-9-6-1-3-7(4-2-6)13(10,11)12;7-10(8,9)6-4-2-1-3-5-6/h1-4,9H,5,8H2,(H,10,11,12);1-5H,(H,7,8,9). The van der Waals surface area contributed by atoms with Crippen molar-refractivity contribution in [3.05, 3.63) is 54.6 Å². The fraction of sp³-hybridized carbons (Fsp3) is 0.0769. The number of rotatable bonds is 4. The van der Waals surface area contributed by atoms with Crippen molar-refractivity contribution in [2.24, 2.45) is 5.73 Å². The van der Waals surface area contributed by atoms with E-state index < -0.39 is 20.2 Å². The lowest BCUT2D eigenvalue weighted by atomic mass is 10.3. The molecule has 0 spiro atoms. The number of hydrogen-bond donors (Lipinski definition) is 4. The second-order valence-corrected chi connectivity index (χ2v) is 7.01. The number of anilines is 1. The highest BCUT2D eigenvalue weighted by Gasteiger charge is 2.07. The normalized spacial score (nSPS) is 11.3. The summed E-state index contributed by atoms with van der Waals surface area (Å²) >= 11 is 0. The molecule has 0 saturated carbocycles. The molecule has 0 radical (unpaired) electrons. The lowest BCUT2D eigenvalue weighted by Gasteiger charge is -2.02. The molecule has 0 aromatic heterocycles. The second-order valence-electron chi connectivity index (χ2n) is 4.17. The maximum absolute atomic E-state index is 10.6. The summed E-state index contributed by atoms with van der Waals surface area (Å²) in [5, 5.41) is 2.79. The quantitative estimate of drug-likeness (QED) is 0.470. The number of benzene rings is 2. The smallest absolute Gasteiger partial charge is 0.294 e. The lowest BCUT2D eigenvalue weighted by molar-refractivity contribution is 0.481. The van der Waals surface area contributed by atoms with Gasteiger partial charge in [0.15, 0.2) is 0 Å². The van der Waals surface area contributed by atoms with Gasteiger partial charge in [-0.3, -0.25) is 9.11 Å². The van der Waals surface area contributed by atoms with E-state index in [2.05, 4.69) is 5.32 Å². The van der Waals surface area contributed by atoms with Crippen LogP contribution in [0.5, 0.6) is 0 Å². The highest BCUT2D eigenvalue weighted by molar-refractivity contribution is 7.86. The second kappa shape index (κ2) is 8.04. The molecule has 0 atom stereocenters. The van der Waals surface area contributed by atoms with E-state index in [-0.39, 0.29) is 16.5 Å². The van der Waals surface area contributed by atoms with E-state index >= 15 is 0 Å². The molecule has 2 aromatic rings. The van der Waals surface area contributed by atoms with Crippen LogP contribution in [0.2, 0.25) is 0 Å². The van der Waals surface area contributed by atoms with Crippen LogP contribution in [0.25, 0.3) is 0 Å². The first-order chi connectivity index (χ1) is 10.6. The first-order valence-electron chi connectivity index (χ1n) is 6.18. The zero-order valence-corrected chi connectivity index (χ0v) is 13.5. The van der Waals surface area contributed by atoms with E-state index in [1.165, 1.54) is 36.4 Å². The first kappa shape index (κ1) is 19.1. The molecule has 0 heterocycles. The van der Waals surface area contributed by atoms with Crippen molar-refractivity contribution in [3.63, 3.8) is 0 Å². The first-order valence-corrected chi connectivity index (χ1v) is 9.06. The van der Waals surface area contributed by atoms with E-state index in [1.807, 2.05) is 0 Å². The molecular weight excluding hydrogens is 344 g/mol. The van der Waals surface area contributed by atoms with Crippen LogP contribution < -0.4 is 11.1 Å². The molecular formula is C13H16N2O6S2. The Morgan fingerprint density at radius 1 is 0.783 bits per heavy atom. The van der Waals surface area contributed by atoms with E-state index in [1.54, 1.807) is 18.2 Å². The molecule has 126 valence electrons. The predicted octanol–water partition coefficient (Wildman–Crippen LogP) is 1.19. The Morgan fingerprint density at radius 2 is 1.22 bits per heavy atom. The van der Waals surface area contributed by atoms with Crippen LogP contribution in [-0.4, -0.2) is 32.6 Å². The van der Waals surface area contributed by atoms with Crippen LogP contribution in [-0.2, 0) is 20.2 Å². The minimum Gasteiger partial charge on any atom is -0.373 e. The summed E-state index contributed by atoms with van der Waals surface area (Å²) in [5.74, 6) is 0. The van der Waals surface area contributed by atoms with Gasteiger partial charge < -0.3 is 11.1 Å². The SMILES string of the molecule is NCNc1ccc(S(=O)(=O)O)cc1.O=S(=O)(O)c1ccccc1. The van der Waals surface area contributed by atoms with Gasteiger partial charge in [0.05, 0.1) is 16.5 Å². The van der Waals surface area contributed by atoms with Crippen molar-refractivity contribution in [2.75, 3.05) is 12.0 Å². The molecule has 0 aliphatic rings. The molecule has 0 aliphatic heterocycles. The van der Waals surface area contributed by atoms with Gasteiger partial charge in [0.1, 0.15) is 0 Å². The van der Waals surface area contributed by atoms with Gasteiger partial charge in [-0.2, -0.15) is 16.8 Å². The minimum atomic E-state index is -4.09. The molecule has 0 amide bonds. The van der Waals surface area contributed by atoms with Gasteiger partial charge in [-0.25, -0.2) is 0 Å². The van der Waals surface area contributed by atoms with E-state index in [4.69, 9.17) is 14.8 Å². The molecule has 2 rings (SSSR count). The average molecular weight is 360 g/mol. The van der Waals surface area contributed by atoms with Crippen LogP contribution in [0.4, 0.5) is 5.69 Å². The van der Waals surface area contributed by atoms with Crippen molar-refractivity contribution in [2.45, 2.75) is 9.79 Å². The Morgan fingerprint density at radius 3 is 1.57 bits per heavy atom. The summed E-state index contributed by atoms with van der Waals surface area (Å²) in [4.78, 5) is -0.204. The van der Waals surface area contributed by atoms with Gasteiger partial charge in [0.2, 0.25) is 0 Å². The Kier molecular flexibility index (Phi) is 6.66. The predicted molar refractivity (Wildman–Crippen MR) is 85.2 cm³/mol. The molecule has 0 fully saturated rings. The van der Waals surface area contributed by atoms with Gasteiger partial charge in [0, 0.05) is 5.69 Å². The zero-order chi connectivity index (χ0) is 17.5. The largest absolute Gasteiger partial charge is 0.373 e. The summed E-state index contributed by atoms with van der Waals surface area (Å²) in [6, 6.07) is 13.1. The van der Waals surface area contributed by atoms with E-state index in [9.17, 15) is 16.8 Å². The topological polar surface area (TPSA) is 147 Å². The molecule has 0 aliphatic carbocycles. The van der Waals surface area contributed by atoms with Crippen LogP contribution in [0.15, 0.2) is 64.4 Å². The lowest BCUT2D eigenvalue weighted by Crippen LogP contribution is -2.10. The number of hydrogen-bond acceptors (Lipinski definition) is 6. The van der Waals surface area contributed by atoms with Crippen LogP contribution in [0, 0.1) is 0 Å². The average Bonchev–Trinajstić information content (AvgIpc) is 2.48. The molecule has 0 bridgehead atoms. The zero-order valence-electron chi connectivity index (χ0n) is 11.8. The van der Waals surface area contributed by atoms with E-state index in [0.29, 0.717) is 5.69 Å². The minimum absolute atomic E-state index is 0.0741. The van der Waals surface area contributed by atoms with Gasteiger partial charge in [0.25, 0.3) is 20.2 Å². The highest BCUT2D eigenvalue weighted by atomic mass is 32.2. The summed E-state index contributed by atoms with van der Waals surface area (Å²) < 4.78 is 59.1. The summed E-state index contributed by atoms with van der Waals surface area (Å²) in [5.41, 5.74) is 5.91. The monoisotopic (exact) mass is 360 g/mol. The third kappa shape index (κ3) is 6.76. The summed E-state index contributed by atoms with van der Waals surface area (Å²) in [7, 11) is -8.10. The molecule has 0 unspecified atom stereocenters. The maximum Gasteiger partial charge on any atom is 0.294 e. The van der Waals surface area contributed by atoms with E-state index in [0.717, 1.165) is 0 Å². The Labute approximate surface area is 134 Å². The number of nitrogens with one attached hydrogen (secondary N) is 1. The van der Waals surface area contributed by atoms with Gasteiger partial charge in [-0.1, -0.05) is 18.2 Å². The molecule has 23 heavy (non-hydrogen) atoms. The van der Waals surface area contributed by atoms with Crippen molar-refractivity contribution < 1.29 is 25.9 Å². The molecule has 8 nitrogen and oxygen atoms in total. The van der Waals surface area contributed by atoms with Crippen molar-refractivity contribution in [3.8, 4) is 0 Å². The summed E-state index contributed by atoms with van der Waals surface area (Å²) in [6.45, 7) is 0.269. The van der Waals surface area contributed by atoms with Gasteiger partial charge in [-0.05, 0) is 36.4 Å². The fourth-order valence-electron chi connectivity index (χ4n) is 1.46. The molecule has 2 aromatic carbocycles. The Bertz CT molecular complexity index is 819. The van der Waals surface area contributed by atoms with Crippen LogP contribution >= 0.6 is 0 Å². The van der Waals surface area contributed by atoms with Crippen molar-refractivity contribution >= 4 is 25.9 Å².